The van der Waals surface area contributed by atoms with Crippen LogP contribution in [0.1, 0.15) is 43.0 Å². The minimum absolute atomic E-state index is 0.0954. The van der Waals surface area contributed by atoms with Gasteiger partial charge in [-0.2, -0.15) is 0 Å². The van der Waals surface area contributed by atoms with Crippen molar-refractivity contribution in [2.75, 3.05) is 12.8 Å². The van der Waals surface area contributed by atoms with Crippen LogP contribution in [0.25, 0.3) is 0 Å². The standard InChI is InChI=1S/C16H23NO2S/c1-12-7-9-16(19,10-8-12)11-17-15(18)13-5-3-4-6-14(13)20-2/h3-6,12,19H,7-11H2,1-2H3,(H,17,18). The fourth-order valence-corrected chi connectivity index (χ4v) is 3.24. The number of carbonyl (C=O) groups excluding carboxylic acids is 1. The van der Waals surface area contributed by atoms with Gasteiger partial charge in [0.1, 0.15) is 0 Å². The van der Waals surface area contributed by atoms with E-state index in [1.165, 1.54) is 0 Å². The fourth-order valence-electron chi connectivity index (χ4n) is 2.65. The van der Waals surface area contributed by atoms with Gasteiger partial charge in [0.05, 0.1) is 11.2 Å². The average Bonchev–Trinajstić information content (AvgIpc) is 2.48. The van der Waals surface area contributed by atoms with E-state index >= 15 is 0 Å². The molecule has 110 valence electrons. The first-order valence-corrected chi connectivity index (χ1v) is 8.40. The monoisotopic (exact) mass is 293 g/mol. The lowest BCUT2D eigenvalue weighted by molar-refractivity contribution is -0.00542. The minimum atomic E-state index is -0.726. The van der Waals surface area contributed by atoms with Crippen molar-refractivity contribution in [2.45, 2.75) is 43.1 Å². The van der Waals surface area contributed by atoms with Crippen molar-refractivity contribution in [1.29, 1.82) is 0 Å². The zero-order valence-electron chi connectivity index (χ0n) is 12.2. The molecule has 2 rings (SSSR count). The first-order chi connectivity index (χ1) is 9.54. The van der Waals surface area contributed by atoms with Crippen molar-refractivity contribution in [2.24, 2.45) is 5.92 Å². The molecular formula is C16H23NO2S. The van der Waals surface area contributed by atoms with Crippen molar-refractivity contribution >= 4 is 17.7 Å². The van der Waals surface area contributed by atoms with Gasteiger partial charge in [-0.1, -0.05) is 19.1 Å². The second kappa shape index (κ2) is 6.64. The number of amides is 1. The van der Waals surface area contributed by atoms with Gasteiger partial charge in [0.2, 0.25) is 0 Å². The molecule has 0 unspecified atom stereocenters. The van der Waals surface area contributed by atoms with Crippen LogP contribution in [0.5, 0.6) is 0 Å². The molecule has 1 aromatic rings. The Bertz CT molecular complexity index is 467. The number of aliphatic hydroxyl groups is 1. The molecule has 0 heterocycles. The van der Waals surface area contributed by atoms with Gasteiger partial charge in [-0.15, -0.1) is 11.8 Å². The van der Waals surface area contributed by atoms with Gasteiger partial charge in [-0.05, 0) is 50.0 Å². The van der Waals surface area contributed by atoms with Gasteiger partial charge in [0.25, 0.3) is 5.91 Å². The van der Waals surface area contributed by atoms with E-state index in [4.69, 9.17) is 0 Å². The molecule has 2 N–H and O–H groups in total. The zero-order valence-corrected chi connectivity index (χ0v) is 13.0. The van der Waals surface area contributed by atoms with E-state index < -0.39 is 5.60 Å². The Morgan fingerprint density at radius 1 is 1.40 bits per heavy atom. The van der Waals surface area contributed by atoms with Gasteiger partial charge in [0, 0.05) is 11.4 Å². The molecule has 1 aliphatic carbocycles. The van der Waals surface area contributed by atoms with E-state index in [1.54, 1.807) is 11.8 Å². The Morgan fingerprint density at radius 2 is 2.05 bits per heavy atom. The number of benzene rings is 1. The largest absolute Gasteiger partial charge is 0.388 e. The average molecular weight is 293 g/mol. The van der Waals surface area contributed by atoms with Crippen LogP contribution in [0.2, 0.25) is 0 Å². The molecule has 1 aliphatic rings. The van der Waals surface area contributed by atoms with E-state index in [2.05, 4.69) is 12.2 Å². The van der Waals surface area contributed by atoms with Crippen molar-refractivity contribution in [1.82, 2.24) is 5.32 Å². The predicted molar refractivity (Wildman–Crippen MR) is 83.1 cm³/mol. The summed E-state index contributed by atoms with van der Waals surface area (Å²) < 4.78 is 0. The SMILES string of the molecule is CSc1ccccc1C(=O)NCC1(O)CCC(C)CC1. The second-order valence-electron chi connectivity index (χ2n) is 5.79. The topological polar surface area (TPSA) is 49.3 Å². The van der Waals surface area contributed by atoms with E-state index in [0.29, 0.717) is 18.0 Å². The zero-order chi connectivity index (χ0) is 14.6. The van der Waals surface area contributed by atoms with Crippen molar-refractivity contribution < 1.29 is 9.90 Å². The third-order valence-electron chi connectivity index (χ3n) is 4.13. The maximum absolute atomic E-state index is 12.2. The molecule has 0 atom stereocenters. The summed E-state index contributed by atoms with van der Waals surface area (Å²) in [5, 5.41) is 13.4. The summed E-state index contributed by atoms with van der Waals surface area (Å²) in [5.74, 6) is 0.588. The maximum atomic E-state index is 12.2. The lowest BCUT2D eigenvalue weighted by atomic mass is 9.79. The third-order valence-corrected chi connectivity index (χ3v) is 4.93. The summed E-state index contributed by atoms with van der Waals surface area (Å²) in [6.45, 7) is 2.56. The van der Waals surface area contributed by atoms with E-state index in [0.717, 1.165) is 30.6 Å². The molecule has 0 spiro atoms. The van der Waals surface area contributed by atoms with Gasteiger partial charge < -0.3 is 10.4 Å². The molecule has 0 radical (unpaired) electrons. The van der Waals surface area contributed by atoms with Crippen LogP contribution in [-0.2, 0) is 0 Å². The van der Waals surface area contributed by atoms with Crippen LogP contribution < -0.4 is 5.32 Å². The third kappa shape index (κ3) is 3.76. The molecule has 3 nitrogen and oxygen atoms in total. The normalized spacial score (nSPS) is 26.2. The van der Waals surface area contributed by atoms with Gasteiger partial charge in [0.15, 0.2) is 0 Å². The molecule has 0 bridgehead atoms. The highest BCUT2D eigenvalue weighted by atomic mass is 32.2. The Kier molecular flexibility index (Phi) is 5.11. The summed E-state index contributed by atoms with van der Waals surface area (Å²) in [5.41, 5.74) is -0.0380. The smallest absolute Gasteiger partial charge is 0.252 e. The number of hydrogen-bond acceptors (Lipinski definition) is 3. The number of hydrogen-bond donors (Lipinski definition) is 2. The van der Waals surface area contributed by atoms with E-state index in [-0.39, 0.29) is 5.91 Å². The van der Waals surface area contributed by atoms with Crippen molar-refractivity contribution in [3.8, 4) is 0 Å². The molecule has 4 heteroatoms. The summed E-state index contributed by atoms with van der Waals surface area (Å²) in [4.78, 5) is 13.2. The Hall–Kier alpha value is -1.00. The Balaban J connectivity index is 1.95. The van der Waals surface area contributed by atoms with Gasteiger partial charge >= 0.3 is 0 Å². The molecular weight excluding hydrogens is 270 g/mol. The summed E-state index contributed by atoms with van der Waals surface area (Å²) >= 11 is 1.56. The highest BCUT2D eigenvalue weighted by molar-refractivity contribution is 7.98. The van der Waals surface area contributed by atoms with Gasteiger partial charge in [-0.25, -0.2) is 0 Å². The molecule has 0 aromatic heterocycles. The first-order valence-electron chi connectivity index (χ1n) is 7.18. The molecule has 1 fully saturated rings. The highest BCUT2D eigenvalue weighted by Crippen LogP contribution is 2.31. The summed E-state index contributed by atoms with van der Waals surface area (Å²) in [6.07, 6.45) is 5.58. The van der Waals surface area contributed by atoms with E-state index in [9.17, 15) is 9.90 Å². The maximum Gasteiger partial charge on any atom is 0.252 e. The van der Waals surface area contributed by atoms with Crippen LogP contribution in [0.15, 0.2) is 29.2 Å². The second-order valence-corrected chi connectivity index (χ2v) is 6.64. The van der Waals surface area contributed by atoms with Crippen LogP contribution >= 0.6 is 11.8 Å². The molecule has 20 heavy (non-hydrogen) atoms. The van der Waals surface area contributed by atoms with Crippen molar-refractivity contribution in [3.05, 3.63) is 29.8 Å². The summed E-state index contributed by atoms with van der Waals surface area (Å²) in [6, 6.07) is 7.56. The predicted octanol–water partition coefficient (Wildman–Crippen LogP) is 3.08. The Morgan fingerprint density at radius 3 is 2.70 bits per heavy atom. The Labute approximate surface area is 125 Å². The van der Waals surface area contributed by atoms with E-state index in [1.807, 2.05) is 30.5 Å². The van der Waals surface area contributed by atoms with Crippen LogP contribution in [0, 0.1) is 5.92 Å². The van der Waals surface area contributed by atoms with Crippen LogP contribution in [-0.4, -0.2) is 29.4 Å². The highest BCUT2D eigenvalue weighted by Gasteiger charge is 2.32. The fraction of sp³-hybridized carbons (Fsp3) is 0.562. The molecule has 1 aromatic carbocycles. The molecule has 0 saturated heterocycles. The van der Waals surface area contributed by atoms with Crippen LogP contribution in [0.4, 0.5) is 0 Å². The molecule has 1 amide bonds. The summed E-state index contributed by atoms with van der Waals surface area (Å²) in [7, 11) is 0. The van der Waals surface area contributed by atoms with Gasteiger partial charge in [-0.3, -0.25) is 4.79 Å². The lowest BCUT2D eigenvalue weighted by Gasteiger charge is -2.35. The molecule has 1 saturated carbocycles. The number of carbonyl (C=O) groups is 1. The van der Waals surface area contributed by atoms with Crippen molar-refractivity contribution in [3.63, 3.8) is 0 Å². The number of rotatable bonds is 4. The minimum Gasteiger partial charge on any atom is -0.388 e. The lowest BCUT2D eigenvalue weighted by Crippen LogP contribution is -2.45. The quantitative estimate of drug-likeness (QED) is 0.839. The van der Waals surface area contributed by atoms with Crippen LogP contribution in [0.3, 0.4) is 0 Å². The first kappa shape index (κ1) is 15.4. The molecule has 0 aliphatic heterocycles. The number of nitrogens with one attached hydrogen (secondary N) is 1. The number of thioether (sulfide) groups is 1.